The molecule has 0 saturated carbocycles. The summed E-state index contributed by atoms with van der Waals surface area (Å²) in [6, 6.07) is 4.23. The van der Waals surface area contributed by atoms with Gasteiger partial charge in [0.2, 0.25) is 16.6 Å². The lowest BCUT2D eigenvalue weighted by atomic mass is 9.84. The molecule has 3 N–H and O–H groups in total. The second-order valence-corrected chi connectivity index (χ2v) is 20.9. The number of rotatable bonds is 15. The highest BCUT2D eigenvalue weighted by Crippen LogP contribution is 2.35. The van der Waals surface area contributed by atoms with E-state index in [2.05, 4.69) is 30.4 Å². The van der Waals surface area contributed by atoms with Crippen molar-refractivity contribution in [1.82, 2.24) is 25.4 Å². The van der Waals surface area contributed by atoms with E-state index < -0.39 is 86.7 Å². The normalized spacial score (nSPS) is 17.9. The maximum absolute atomic E-state index is 14.0. The first-order valence-electron chi connectivity index (χ1n) is 20.9. The van der Waals surface area contributed by atoms with Crippen molar-refractivity contribution >= 4 is 62.5 Å². The van der Waals surface area contributed by atoms with Gasteiger partial charge in [-0.1, -0.05) is 11.2 Å². The van der Waals surface area contributed by atoms with Gasteiger partial charge in [-0.05, 0) is 119 Å². The zero-order valence-electron chi connectivity index (χ0n) is 39.0. The molecule has 2 aromatic heterocycles. The number of oxime groups is 1. The lowest BCUT2D eigenvalue weighted by Gasteiger charge is -2.51. The molecule has 0 bridgehead atoms. The number of anilines is 1. The number of thiazole rings is 1. The molecule has 2 aliphatic rings. The molecule has 0 spiro atoms. The van der Waals surface area contributed by atoms with Crippen LogP contribution >= 0.6 is 11.3 Å². The van der Waals surface area contributed by atoms with Crippen molar-refractivity contribution in [1.29, 1.82) is 0 Å². The Morgan fingerprint density at radius 2 is 1.67 bits per heavy atom. The minimum Gasteiger partial charge on any atom is -0.724 e. The van der Waals surface area contributed by atoms with E-state index in [-0.39, 0.29) is 17.2 Å². The van der Waals surface area contributed by atoms with E-state index in [9.17, 15) is 36.9 Å². The maximum Gasteiger partial charge on any atom is 0.413 e. The topological polar surface area (TPSA) is 271 Å². The number of alkyl carbamates (subject to hydrolysis) is 1. The fourth-order valence-corrected chi connectivity index (χ4v) is 7.79. The summed E-state index contributed by atoms with van der Waals surface area (Å²) in [6.07, 6.45) is 1.50. The molecule has 22 nitrogen and oxygen atoms in total. The summed E-state index contributed by atoms with van der Waals surface area (Å²) in [7, 11) is -3.42. The van der Waals surface area contributed by atoms with Gasteiger partial charge in [0.05, 0.1) is 23.8 Å². The number of hydrogen-bond acceptors (Lipinski definition) is 17. The van der Waals surface area contributed by atoms with Crippen LogP contribution in [0.2, 0.25) is 0 Å². The van der Waals surface area contributed by atoms with Crippen LogP contribution in [0.4, 0.5) is 14.7 Å². The maximum atomic E-state index is 14.0. The van der Waals surface area contributed by atoms with Gasteiger partial charge >= 0.3 is 18.2 Å². The smallest absolute Gasteiger partial charge is 0.413 e. The lowest BCUT2D eigenvalue weighted by molar-refractivity contribution is -0.753. The molecule has 0 radical (unpaired) electrons. The van der Waals surface area contributed by atoms with Crippen molar-refractivity contribution in [2.45, 2.75) is 143 Å². The summed E-state index contributed by atoms with van der Waals surface area (Å²) in [5, 5.41) is 13.5. The SMILES string of the molecule is C[n+]1cc(-c2ccc3c(c2)CC[C@H](C(O/N=C(\C(=O)N[C@@H]2C(=O)N(OS(=O)(=O)[O-])C2(C)C)c2csc(NC(=O)OC(C)(C)C)n2)C(=O)OC(C)(C)C)O3)cn1CCCNC(=O)OC(C)(C)C. The molecule has 5 rings (SSSR count). The number of β-lactam (4-membered cyclic amide) rings is 1. The third-order valence-corrected chi connectivity index (χ3v) is 10.6. The Hall–Kier alpha value is -5.85. The van der Waals surface area contributed by atoms with Gasteiger partial charge in [0.25, 0.3) is 17.9 Å². The minimum absolute atomic E-state index is 0.00627. The van der Waals surface area contributed by atoms with Gasteiger partial charge in [-0.2, -0.15) is 14.0 Å². The quantitative estimate of drug-likeness (QED) is 0.0223. The molecule has 1 aromatic carbocycles. The predicted octanol–water partition coefficient (Wildman–Crippen LogP) is 4.02. The van der Waals surface area contributed by atoms with Crippen molar-refractivity contribution < 1.29 is 69.7 Å². The number of amides is 4. The van der Waals surface area contributed by atoms with E-state index in [4.69, 9.17) is 23.8 Å². The molecule has 4 amide bonds. The van der Waals surface area contributed by atoms with Gasteiger partial charge in [-0.3, -0.25) is 14.9 Å². The van der Waals surface area contributed by atoms with E-state index >= 15 is 0 Å². The zero-order valence-corrected chi connectivity index (χ0v) is 40.6. The summed E-state index contributed by atoms with van der Waals surface area (Å²) in [4.78, 5) is 75.6. The molecule has 3 atom stereocenters. The first kappa shape index (κ1) is 51.1. The van der Waals surface area contributed by atoms with Crippen LogP contribution in [0.25, 0.3) is 11.1 Å². The average molecular weight is 963 g/mol. The van der Waals surface area contributed by atoms with Crippen molar-refractivity contribution in [2.24, 2.45) is 12.2 Å². The Labute approximate surface area is 387 Å². The molecule has 3 aromatic rings. The van der Waals surface area contributed by atoms with Crippen LogP contribution in [0.15, 0.2) is 41.1 Å². The fourth-order valence-electron chi connectivity index (χ4n) is 6.66. The minimum atomic E-state index is -5.34. The third-order valence-electron chi connectivity index (χ3n) is 9.54. The van der Waals surface area contributed by atoms with Crippen molar-refractivity contribution in [3.05, 3.63) is 47.2 Å². The van der Waals surface area contributed by atoms with E-state index in [1.807, 2.05) is 40.9 Å². The Kier molecular flexibility index (Phi) is 15.1. The number of aromatic nitrogens is 3. The lowest BCUT2D eigenvalue weighted by Crippen LogP contribution is -2.76. The Morgan fingerprint density at radius 1 is 1.02 bits per heavy atom. The third kappa shape index (κ3) is 13.8. The summed E-state index contributed by atoms with van der Waals surface area (Å²) < 4.78 is 64.8. The molecular weight excluding hydrogens is 905 g/mol. The number of ether oxygens (including phenoxy) is 4. The van der Waals surface area contributed by atoms with Crippen LogP contribution in [0.5, 0.6) is 5.75 Å². The monoisotopic (exact) mass is 962 g/mol. The van der Waals surface area contributed by atoms with Crippen molar-refractivity contribution in [2.75, 3.05) is 11.9 Å². The van der Waals surface area contributed by atoms with Crippen LogP contribution in [-0.2, 0) is 68.1 Å². The Morgan fingerprint density at radius 3 is 2.29 bits per heavy atom. The summed E-state index contributed by atoms with van der Waals surface area (Å²) in [6.45, 7) is 19.1. The highest BCUT2D eigenvalue weighted by Gasteiger charge is 2.57. The Bertz CT molecular complexity index is 2460. The molecule has 24 heteroatoms. The standard InChI is InChI=1S/C42H58N8O14S2/c1-39(2,3)60-35(53)31(29-17-15-25-20-24(14-16-28(25)59-29)26-21-48(12)49(22-26)19-13-18-43-37(54)61-40(4,5)6)63-47-30(27-23-65-36(44-27)46-38(55)62-41(7,8)9)33(51)45-32-34(52)50(42(32,10)11)64-66(56,57)58/h14,16,20-23,29,31-32H,13,15,17-19H2,1-12H3,(H3-,43,44,45,46,51,54,55,56,57,58)/b47-30-/t29-,31?,32-/m1/s1. The average Bonchev–Trinajstić information content (AvgIpc) is 3.78. The zero-order chi connectivity index (χ0) is 49.2. The number of hydrogen-bond donors (Lipinski definition) is 3. The first-order chi connectivity index (χ1) is 30.4. The fraction of sp³-hybridized carbons (Fsp3) is 0.571. The van der Waals surface area contributed by atoms with Crippen LogP contribution in [0.1, 0.15) is 100 Å². The molecule has 362 valence electrons. The number of nitrogens with zero attached hydrogens (tertiary/aromatic N) is 5. The Balaban J connectivity index is 1.38. The van der Waals surface area contributed by atoms with Crippen molar-refractivity contribution in [3.63, 3.8) is 0 Å². The molecule has 66 heavy (non-hydrogen) atoms. The second kappa shape index (κ2) is 19.5. The van der Waals surface area contributed by atoms with Gasteiger partial charge in [-0.25, -0.2) is 27.8 Å². The van der Waals surface area contributed by atoms with E-state index in [0.29, 0.717) is 36.7 Å². The highest BCUT2D eigenvalue weighted by atomic mass is 32.3. The number of fused-ring (bicyclic) bond motifs is 1. The second-order valence-electron chi connectivity index (χ2n) is 19.1. The van der Waals surface area contributed by atoms with Crippen LogP contribution in [-0.4, -0.2) is 111 Å². The van der Waals surface area contributed by atoms with Gasteiger partial charge < -0.3 is 39.0 Å². The molecule has 0 aliphatic carbocycles. The number of aryl methyl sites for hydroxylation is 3. The number of nitrogens with one attached hydrogen (secondary N) is 3. The number of benzene rings is 1. The van der Waals surface area contributed by atoms with Crippen LogP contribution < -0.4 is 25.4 Å². The summed E-state index contributed by atoms with van der Waals surface area (Å²) in [5.74, 6) is -2.51. The first-order valence-corrected chi connectivity index (χ1v) is 23.2. The molecule has 4 heterocycles. The number of esters is 1. The molecule has 2 aliphatic heterocycles. The van der Waals surface area contributed by atoms with Gasteiger partial charge in [0, 0.05) is 11.9 Å². The van der Waals surface area contributed by atoms with E-state index in [1.54, 1.807) is 68.4 Å². The molecule has 1 saturated heterocycles. The molecule has 1 fully saturated rings. The van der Waals surface area contributed by atoms with Gasteiger partial charge in [0.15, 0.2) is 17.9 Å². The number of hydroxylamine groups is 2. The highest BCUT2D eigenvalue weighted by molar-refractivity contribution is 7.80. The van der Waals surface area contributed by atoms with E-state index in [1.165, 1.54) is 19.2 Å². The number of carbonyl (C=O) groups is 5. The summed E-state index contributed by atoms with van der Waals surface area (Å²) >= 11 is 0.899. The van der Waals surface area contributed by atoms with Crippen LogP contribution in [0, 0.1) is 0 Å². The summed E-state index contributed by atoms with van der Waals surface area (Å²) in [5.41, 5.74) is -1.95. The number of carbonyl (C=O) groups excluding carboxylic acids is 5. The molecular formula is C42H58N8O14S2. The predicted molar refractivity (Wildman–Crippen MR) is 235 cm³/mol. The molecule has 1 unspecified atom stereocenters. The van der Waals surface area contributed by atoms with E-state index in [0.717, 1.165) is 28.0 Å². The van der Waals surface area contributed by atoms with Crippen LogP contribution in [0.3, 0.4) is 0 Å². The van der Waals surface area contributed by atoms with Gasteiger partial charge in [-0.15, -0.1) is 16.0 Å². The van der Waals surface area contributed by atoms with Gasteiger partial charge in [0.1, 0.15) is 40.4 Å². The largest absolute Gasteiger partial charge is 0.724 e. The van der Waals surface area contributed by atoms with Crippen molar-refractivity contribution in [3.8, 4) is 16.9 Å².